The van der Waals surface area contributed by atoms with Gasteiger partial charge in [0, 0.05) is 10.6 Å². The van der Waals surface area contributed by atoms with Gasteiger partial charge < -0.3 is 9.47 Å². The van der Waals surface area contributed by atoms with Crippen molar-refractivity contribution in [2.75, 3.05) is 13.2 Å². The summed E-state index contributed by atoms with van der Waals surface area (Å²) in [6.45, 7) is 3.33. The SMILES string of the molecule is CCOC(=O)c1nn(CC(=O)c2ccc(C)c(Cl)c2)c(C(=O)OCC)c1C(F)(F)F. The number of ether oxygens (including phenoxy) is 2. The third-order valence-corrected chi connectivity index (χ3v) is 4.37. The zero-order chi connectivity index (χ0) is 22.6. The van der Waals surface area contributed by atoms with E-state index in [0.29, 0.717) is 10.2 Å². The van der Waals surface area contributed by atoms with Crippen molar-refractivity contribution in [3.63, 3.8) is 0 Å². The Bertz CT molecular complexity index is 985. The average molecular weight is 447 g/mol. The minimum Gasteiger partial charge on any atom is -0.461 e. The number of halogens is 4. The smallest absolute Gasteiger partial charge is 0.421 e. The van der Waals surface area contributed by atoms with E-state index in [1.807, 2.05) is 0 Å². The fourth-order valence-corrected chi connectivity index (χ4v) is 2.77. The van der Waals surface area contributed by atoms with Crippen LogP contribution in [0.4, 0.5) is 13.2 Å². The van der Waals surface area contributed by atoms with Crippen LogP contribution in [0, 0.1) is 6.92 Å². The van der Waals surface area contributed by atoms with Gasteiger partial charge in [0.05, 0.1) is 13.2 Å². The van der Waals surface area contributed by atoms with E-state index in [-0.39, 0.29) is 23.8 Å². The van der Waals surface area contributed by atoms with Gasteiger partial charge in [0.1, 0.15) is 12.1 Å². The zero-order valence-electron chi connectivity index (χ0n) is 16.3. The first kappa shape index (κ1) is 23.4. The normalized spacial score (nSPS) is 11.3. The number of hydrogen-bond donors (Lipinski definition) is 0. The summed E-state index contributed by atoms with van der Waals surface area (Å²) in [4.78, 5) is 36.9. The number of alkyl halides is 3. The number of aryl methyl sites for hydroxylation is 1. The number of nitrogens with zero attached hydrogens (tertiary/aromatic N) is 2. The molecule has 0 aliphatic carbocycles. The second-order valence-electron chi connectivity index (χ2n) is 6.06. The highest BCUT2D eigenvalue weighted by Gasteiger charge is 2.45. The Balaban J connectivity index is 2.61. The summed E-state index contributed by atoms with van der Waals surface area (Å²) in [5.74, 6) is -3.42. The molecule has 0 bridgehead atoms. The molecule has 0 amide bonds. The number of Topliss-reactive ketones (excluding diaryl/α,β-unsaturated/α-hetero) is 1. The second kappa shape index (κ2) is 9.29. The highest BCUT2D eigenvalue weighted by molar-refractivity contribution is 6.31. The molecule has 0 radical (unpaired) electrons. The van der Waals surface area contributed by atoms with Crippen molar-refractivity contribution in [3.8, 4) is 0 Å². The van der Waals surface area contributed by atoms with Crippen LogP contribution in [0.2, 0.25) is 5.02 Å². The number of hydrogen-bond acceptors (Lipinski definition) is 6. The van der Waals surface area contributed by atoms with Crippen molar-refractivity contribution in [2.24, 2.45) is 0 Å². The van der Waals surface area contributed by atoms with Crippen LogP contribution in [0.5, 0.6) is 0 Å². The summed E-state index contributed by atoms with van der Waals surface area (Å²) < 4.78 is 50.9. The van der Waals surface area contributed by atoms with Crippen molar-refractivity contribution < 1.29 is 37.0 Å². The maximum absolute atomic E-state index is 13.7. The monoisotopic (exact) mass is 446 g/mol. The predicted molar refractivity (Wildman–Crippen MR) is 99.7 cm³/mol. The molecule has 0 aliphatic heterocycles. The van der Waals surface area contributed by atoms with Crippen LogP contribution >= 0.6 is 11.6 Å². The lowest BCUT2D eigenvalue weighted by molar-refractivity contribution is -0.138. The Hall–Kier alpha value is -2.88. The minimum atomic E-state index is -5.13. The van der Waals surface area contributed by atoms with E-state index in [4.69, 9.17) is 16.3 Å². The molecule has 1 heterocycles. The Morgan fingerprint density at radius 3 is 2.23 bits per heavy atom. The number of esters is 2. The fourth-order valence-electron chi connectivity index (χ4n) is 2.59. The molecule has 0 saturated carbocycles. The lowest BCUT2D eigenvalue weighted by Gasteiger charge is -2.11. The Morgan fingerprint density at radius 2 is 1.70 bits per heavy atom. The number of ketones is 1. The first-order valence-electron chi connectivity index (χ1n) is 8.82. The van der Waals surface area contributed by atoms with Crippen molar-refractivity contribution in [1.82, 2.24) is 9.78 Å². The quantitative estimate of drug-likeness (QED) is 0.470. The van der Waals surface area contributed by atoms with Gasteiger partial charge in [0.25, 0.3) is 0 Å². The minimum absolute atomic E-state index is 0.0992. The topological polar surface area (TPSA) is 87.5 Å². The largest absolute Gasteiger partial charge is 0.461 e. The van der Waals surface area contributed by atoms with Crippen LogP contribution < -0.4 is 0 Å². The van der Waals surface area contributed by atoms with Crippen LogP contribution in [-0.4, -0.2) is 40.7 Å². The van der Waals surface area contributed by atoms with Gasteiger partial charge in [-0.1, -0.05) is 23.7 Å². The maximum atomic E-state index is 13.7. The first-order valence-corrected chi connectivity index (χ1v) is 9.20. The third-order valence-electron chi connectivity index (χ3n) is 3.96. The van der Waals surface area contributed by atoms with Crippen LogP contribution in [0.1, 0.15) is 56.3 Å². The van der Waals surface area contributed by atoms with Crippen molar-refractivity contribution in [3.05, 3.63) is 51.3 Å². The molecule has 30 heavy (non-hydrogen) atoms. The number of carbonyl (C=O) groups excluding carboxylic acids is 3. The highest BCUT2D eigenvalue weighted by atomic mass is 35.5. The van der Waals surface area contributed by atoms with E-state index in [1.165, 1.54) is 26.0 Å². The molecule has 0 atom stereocenters. The molecule has 2 rings (SSSR count). The molecular weight excluding hydrogens is 429 g/mol. The lowest BCUT2D eigenvalue weighted by Crippen LogP contribution is -2.22. The molecule has 1 aromatic carbocycles. The van der Waals surface area contributed by atoms with E-state index in [9.17, 15) is 27.6 Å². The van der Waals surface area contributed by atoms with E-state index >= 15 is 0 Å². The molecule has 0 spiro atoms. The fraction of sp³-hybridized carbons (Fsp3) is 0.368. The van der Waals surface area contributed by atoms with Gasteiger partial charge in [-0.25, -0.2) is 14.3 Å². The molecule has 162 valence electrons. The van der Waals surface area contributed by atoms with Gasteiger partial charge in [0.15, 0.2) is 17.2 Å². The van der Waals surface area contributed by atoms with Gasteiger partial charge in [-0.2, -0.15) is 18.3 Å². The molecule has 0 aliphatic rings. The van der Waals surface area contributed by atoms with E-state index in [2.05, 4.69) is 9.84 Å². The summed E-state index contributed by atoms with van der Waals surface area (Å²) in [6.07, 6.45) is -5.13. The molecule has 11 heteroatoms. The molecule has 0 fully saturated rings. The molecule has 1 aromatic heterocycles. The van der Waals surface area contributed by atoms with E-state index < -0.39 is 47.4 Å². The van der Waals surface area contributed by atoms with Gasteiger partial charge in [-0.3, -0.25) is 4.79 Å². The van der Waals surface area contributed by atoms with E-state index in [1.54, 1.807) is 13.0 Å². The average Bonchev–Trinajstić information content (AvgIpc) is 3.04. The first-order chi connectivity index (χ1) is 14.0. The number of benzene rings is 1. The summed E-state index contributed by atoms with van der Waals surface area (Å²) in [5, 5.41) is 3.86. The van der Waals surface area contributed by atoms with Crippen LogP contribution in [-0.2, 0) is 22.2 Å². The summed E-state index contributed by atoms with van der Waals surface area (Å²) >= 11 is 5.99. The predicted octanol–water partition coefficient (Wildman–Crippen LogP) is 4.10. The van der Waals surface area contributed by atoms with E-state index in [0.717, 1.165) is 0 Å². The molecule has 2 aromatic rings. The molecule has 0 saturated heterocycles. The molecule has 0 unspecified atom stereocenters. The maximum Gasteiger partial charge on any atom is 0.421 e. The zero-order valence-corrected chi connectivity index (χ0v) is 17.1. The van der Waals surface area contributed by atoms with Crippen molar-refractivity contribution in [1.29, 1.82) is 0 Å². The van der Waals surface area contributed by atoms with Gasteiger partial charge in [0.2, 0.25) is 0 Å². The van der Waals surface area contributed by atoms with Crippen molar-refractivity contribution >= 4 is 29.3 Å². The second-order valence-corrected chi connectivity index (χ2v) is 6.46. The van der Waals surface area contributed by atoms with Crippen LogP contribution in [0.15, 0.2) is 18.2 Å². The number of aromatic nitrogens is 2. The summed E-state index contributed by atoms with van der Waals surface area (Å²) in [5.41, 5.74) is -3.00. The van der Waals surface area contributed by atoms with Crippen molar-refractivity contribution in [2.45, 2.75) is 33.5 Å². The van der Waals surface area contributed by atoms with Gasteiger partial charge in [-0.15, -0.1) is 0 Å². The Morgan fingerprint density at radius 1 is 1.10 bits per heavy atom. The van der Waals surface area contributed by atoms with Gasteiger partial charge >= 0.3 is 18.1 Å². The molecule has 0 N–H and O–H groups in total. The Labute approximate surface area is 174 Å². The number of carbonyl (C=O) groups is 3. The highest BCUT2D eigenvalue weighted by Crippen LogP contribution is 2.35. The summed E-state index contributed by atoms with van der Waals surface area (Å²) in [6, 6.07) is 4.35. The van der Waals surface area contributed by atoms with Crippen LogP contribution in [0.3, 0.4) is 0 Å². The standard InChI is InChI=1S/C19H18ClF3N2O5/c1-4-29-17(27)15-14(19(21,22)23)16(18(28)30-5-2)25(24-15)9-13(26)11-7-6-10(3)12(20)8-11/h6-8H,4-5,9H2,1-3H3. The molecular formula is C19H18ClF3N2O5. The van der Waals surface area contributed by atoms with Crippen LogP contribution in [0.25, 0.3) is 0 Å². The Kier molecular flexibility index (Phi) is 7.25. The van der Waals surface area contributed by atoms with Gasteiger partial charge in [-0.05, 0) is 32.4 Å². The number of rotatable bonds is 7. The lowest BCUT2D eigenvalue weighted by atomic mass is 10.1. The molecule has 7 nitrogen and oxygen atoms in total. The summed E-state index contributed by atoms with van der Waals surface area (Å²) in [7, 11) is 0. The third kappa shape index (κ3) is 4.99.